The van der Waals surface area contributed by atoms with Gasteiger partial charge in [0.05, 0.1) is 11.2 Å². The van der Waals surface area contributed by atoms with Crippen molar-refractivity contribution < 1.29 is 9.31 Å². The van der Waals surface area contributed by atoms with E-state index in [-0.39, 0.29) is 11.2 Å². The van der Waals surface area contributed by atoms with Crippen molar-refractivity contribution in [1.29, 1.82) is 0 Å². The summed E-state index contributed by atoms with van der Waals surface area (Å²) in [6.07, 6.45) is 2.05. The molecular weight excluding hydrogens is 273 g/mol. The van der Waals surface area contributed by atoms with Crippen LogP contribution in [0.15, 0.2) is 36.3 Å². The third kappa shape index (κ3) is 3.35. The van der Waals surface area contributed by atoms with Crippen molar-refractivity contribution in [2.75, 3.05) is 6.54 Å². The molecule has 1 aliphatic heterocycles. The molecule has 1 saturated heterocycles. The topological polar surface area (TPSA) is 44.5 Å². The van der Waals surface area contributed by atoms with Crippen LogP contribution in [0.4, 0.5) is 0 Å². The van der Waals surface area contributed by atoms with Crippen molar-refractivity contribution in [3.05, 3.63) is 47.4 Å². The molecule has 0 atom stereocenters. The van der Waals surface area contributed by atoms with Crippen LogP contribution in [-0.4, -0.2) is 24.9 Å². The molecule has 1 aromatic rings. The SMILES string of the molecule is C=C(C)c1ccc(C=C(CN)B2OC(C)(C)C(C)(C)O2)cc1. The van der Waals surface area contributed by atoms with Crippen molar-refractivity contribution in [3.8, 4) is 0 Å². The van der Waals surface area contributed by atoms with Gasteiger partial charge in [0.15, 0.2) is 0 Å². The van der Waals surface area contributed by atoms with Gasteiger partial charge in [0.2, 0.25) is 0 Å². The molecule has 4 heteroatoms. The van der Waals surface area contributed by atoms with E-state index in [1.54, 1.807) is 0 Å². The molecule has 0 unspecified atom stereocenters. The van der Waals surface area contributed by atoms with E-state index in [9.17, 15) is 0 Å². The minimum atomic E-state index is -0.393. The third-order valence-corrected chi connectivity index (χ3v) is 4.55. The standard InChI is InChI=1S/C18H26BNO2/c1-13(2)15-9-7-14(8-10-15)11-16(12-20)19-21-17(3,4)18(5,6)22-19/h7-11H,1,12,20H2,2-6H3. The van der Waals surface area contributed by atoms with Gasteiger partial charge in [-0.05, 0) is 51.2 Å². The molecule has 1 fully saturated rings. The molecule has 0 radical (unpaired) electrons. The lowest BCUT2D eigenvalue weighted by atomic mass is 9.77. The van der Waals surface area contributed by atoms with E-state index >= 15 is 0 Å². The normalized spacial score (nSPS) is 20.3. The summed E-state index contributed by atoms with van der Waals surface area (Å²) in [5.41, 5.74) is 9.44. The van der Waals surface area contributed by atoms with Crippen LogP contribution in [0.3, 0.4) is 0 Å². The quantitative estimate of drug-likeness (QED) is 0.862. The second kappa shape index (κ2) is 6.03. The van der Waals surface area contributed by atoms with Crippen LogP contribution in [0, 0.1) is 0 Å². The first-order valence-corrected chi connectivity index (χ1v) is 7.68. The maximum Gasteiger partial charge on any atom is 0.491 e. The number of benzene rings is 1. The van der Waals surface area contributed by atoms with Crippen LogP contribution < -0.4 is 5.73 Å². The Hall–Kier alpha value is -1.36. The van der Waals surface area contributed by atoms with Crippen LogP contribution in [0.2, 0.25) is 0 Å². The van der Waals surface area contributed by atoms with Crippen LogP contribution in [-0.2, 0) is 9.31 Å². The average molecular weight is 299 g/mol. The first-order valence-electron chi connectivity index (χ1n) is 7.68. The third-order valence-electron chi connectivity index (χ3n) is 4.55. The molecule has 1 aliphatic rings. The Bertz CT molecular complexity index is 572. The predicted molar refractivity (Wildman–Crippen MR) is 94.3 cm³/mol. The van der Waals surface area contributed by atoms with Crippen LogP contribution in [0.1, 0.15) is 45.7 Å². The molecule has 118 valence electrons. The van der Waals surface area contributed by atoms with Gasteiger partial charge in [-0.3, -0.25) is 0 Å². The largest absolute Gasteiger partial charge is 0.491 e. The van der Waals surface area contributed by atoms with Crippen molar-refractivity contribution in [2.45, 2.75) is 45.8 Å². The van der Waals surface area contributed by atoms with Crippen molar-refractivity contribution >= 4 is 18.8 Å². The molecule has 2 rings (SSSR count). The summed E-state index contributed by atoms with van der Waals surface area (Å²) in [4.78, 5) is 0. The Balaban J connectivity index is 2.23. The molecule has 2 N–H and O–H groups in total. The number of rotatable bonds is 4. The summed E-state index contributed by atoms with van der Waals surface area (Å²) in [5.74, 6) is 0. The fourth-order valence-electron chi connectivity index (χ4n) is 2.30. The molecular formula is C18H26BNO2. The Labute approximate surface area is 134 Å². The summed E-state index contributed by atoms with van der Waals surface area (Å²) >= 11 is 0. The van der Waals surface area contributed by atoms with Gasteiger partial charge in [0.25, 0.3) is 0 Å². The lowest BCUT2D eigenvalue weighted by molar-refractivity contribution is 0.00578. The van der Waals surface area contributed by atoms with Crippen LogP contribution >= 0.6 is 0 Å². The second-order valence-electron chi connectivity index (χ2n) is 6.91. The van der Waals surface area contributed by atoms with E-state index in [4.69, 9.17) is 15.0 Å². The predicted octanol–water partition coefficient (Wildman–Crippen LogP) is 3.69. The number of nitrogens with two attached hydrogens (primary N) is 1. The minimum absolute atomic E-state index is 0.351. The minimum Gasteiger partial charge on any atom is -0.400 e. The summed E-state index contributed by atoms with van der Waals surface area (Å²) in [6, 6.07) is 8.24. The van der Waals surface area contributed by atoms with Gasteiger partial charge in [0, 0.05) is 6.54 Å². The zero-order valence-corrected chi connectivity index (χ0v) is 14.3. The van der Waals surface area contributed by atoms with Gasteiger partial charge in [-0.15, -0.1) is 0 Å². The maximum absolute atomic E-state index is 6.07. The summed E-state index contributed by atoms with van der Waals surface area (Å²) in [6.45, 7) is 14.5. The Morgan fingerprint density at radius 1 is 1.14 bits per heavy atom. The Morgan fingerprint density at radius 3 is 2.05 bits per heavy atom. The highest BCUT2D eigenvalue weighted by Gasteiger charge is 2.52. The van der Waals surface area contributed by atoms with E-state index in [1.807, 2.05) is 40.7 Å². The highest BCUT2D eigenvalue weighted by Crippen LogP contribution is 2.38. The van der Waals surface area contributed by atoms with Gasteiger partial charge in [-0.25, -0.2) is 0 Å². The molecule has 0 saturated carbocycles. The highest BCUT2D eigenvalue weighted by atomic mass is 16.7. The fraction of sp³-hybridized carbons (Fsp3) is 0.444. The Kier molecular flexibility index (Phi) is 4.66. The first kappa shape index (κ1) is 17.0. The zero-order chi connectivity index (χ0) is 16.5. The number of hydrogen-bond acceptors (Lipinski definition) is 3. The zero-order valence-electron chi connectivity index (χ0n) is 14.3. The molecule has 0 aliphatic carbocycles. The second-order valence-corrected chi connectivity index (χ2v) is 6.91. The molecule has 0 amide bonds. The number of hydrogen-bond donors (Lipinski definition) is 1. The van der Waals surface area contributed by atoms with Crippen molar-refractivity contribution in [1.82, 2.24) is 0 Å². The fourth-order valence-corrected chi connectivity index (χ4v) is 2.30. The van der Waals surface area contributed by atoms with E-state index in [0.717, 1.165) is 22.2 Å². The molecule has 0 aromatic heterocycles. The van der Waals surface area contributed by atoms with Gasteiger partial charge < -0.3 is 15.0 Å². The summed E-state index contributed by atoms with van der Waals surface area (Å²) in [5, 5.41) is 0. The molecule has 0 spiro atoms. The number of allylic oxidation sites excluding steroid dienone is 1. The Morgan fingerprint density at radius 2 is 1.64 bits per heavy atom. The van der Waals surface area contributed by atoms with Gasteiger partial charge in [-0.1, -0.05) is 42.5 Å². The van der Waals surface area contributed by atoms with Crippen LogP contribution in [0.25, 0.3) is 11.6 Å². The van der Waals surface area contributed by atoms with Gasteiger partial charge >= 0.3 is 7.12 Å². The van der Waals surface area contributed by atoms with Crippen LogP contribution in [0.5, 0.6) is 0 Å². The lowest BCUT2D eigenvalue weighted by Gasteiger charge is -2.32. The summed E-state index contributed by atoms with van der Waals surface area (Å²) in [7, 11) is -0.393. The van der Waals surface area contributed by atoms with Crippen molar-refractivity contribution in [2.24, 2.45) is 5.73 Å². The van der Waals surface area contributed by atoms with E-state index in [0.29, 0.717) is 6.54 Å². The average Bonchev–Trinajstić information content (AvgIpc) is 2.65. The molecule has 0 bridgehead atoms. The molecule has 1 aromatic carbocycles. The summed E-state index contributed by atoms with van der Waals surface area (Å²) < 4.78 is 12.1. The van der Waals surface area contributed by atoms with Gasteiger partial charge in [-0.2, -0.15) is 0 Å². The molecule has 3 nitrogen and oxygen atoms in total. The van der Waals surface area contributed by atoms with E-state index < -0.39 is 7.12 Å². The highest BCUT2D eigenvalue weighted by molar-refractivity contribution is 6.55. The first-order chi connectivity index (χ1) is 10.2. The lowest BCUT2D eigenvalue weighted by Crippen LogP contribution is -2.41. The van der Waals surface area contributed by atoms with E-state index in [2.05, 4.69) is 30.8 Å². The smallest absolute Gasteiger partial charge is 0.400 e. The maximum atomic E-state index is 6.07. The monoisotopic (exact) mass is 299 g/mol. The van der Waals surface area contributed by atoms with E-state index in [1.165, 1.54) is 0 Å². The van der Waals surface area contributed by atoms with Gasteiger partial charge in [0.1, 0.15) is 0 Å². The molecule has 22 heavy (non-hydrogen) atoms. The molecule has 1 heterocycles. The van der Waals surface area contributed by atoms with Crippen molar-refractivity contribution in [3.63, 3.8) is 0 Å².